The highest BCUT2D eigenvalue weighted by atomic mass is 35.5. The average molecular weight is 358 g/mol. The van der Waals surface area contributed by atoms with E-state index in [9.17, 15) is 9.59 Å². The zero-order valence-corrected chi connectivity index (χ0v) is 14.8. The number of benzene rings is 2. The Kier molecular flexibility index (Phi) is 5.24. The predicted molar refractivity (Wildman–Crippen MR) is 100 cm³/mol. The first kappa shape index (κ1) is 17.3. The smallest absolute Gasteiger partial charge is 0.313 e. The molecular formula is C19H20ClN3O2. The van der Waals surface area contributed by atoms with Crippen LogP contribution in [0.4, 0.5) is 11.4 Å². The van der Waals surface area contributed by atoms with Crippen LogP contribution in [0.1, 0.15) is 5.56 Å². The maximum absolute atomic E-state index is 12.3. The van der Waals surface area contributed by atoms with Crippen molar-refractivity contribution in [1.29, 1.82) is 0 Å². The lowest BCUT2D eigenvalue weighted by Crippen LogP contribution is -2.51. The van der Waals surface area contributed by atoms with Crippen LogP contribution in [-0.4, -0.2) is 42.9 Å². The van der Waals surface area contributed by atoms with Gasteiger partial charge in [0.15, 0.2) is 0 Å². The minimum Gasteiger partial charge on any atom is -0.368 e. The highest BCUT2D eigenvalue weighted by molar-refractivity contribution is 6.39. The van der Waals surface area contributed by atoms with E-state index < -0.39 is 11.8 Å². The van der Waals surface area contributed by atoms with Gasteiger partial charge >= 0.3 is 11.8 Å². The molecule has 25 heavy (non-hydrogen) atoms. The van der Waals surface area contributed by atoms with Crippen LogP contribution in [-0.2, 0) is 9.59 Å². The zero-order valence-electron chi connectivity index (χ0n) is 14.0. The minimum absolute atomic E-state index is 0.501. The van der Waals surface area contributed by atoms with E-state index in [1.54, 1.807) is 29.2 Å². The number of carbonyl (C=O) groups excluding carboxylic acids is 2. The quantitative estimate of drug-likeness (QED) is 0.841. The molecule has 0 aromatic heterocycles. The van der Waals surface area contributed by atoms with Crippen molar-refractivity contribution in [3.63, 3.8) is 0 Å². The molecule has 3 rings (SSSR count). The molecule has 1 fully saturated rings. The number of aryl methyl sites for hydroxylation is 1. The Morgan fingerprint density at radius 1 is 1.00 bits per heavy atom. The second kappa shape index (κ2) is 7.57. The third-order valence-electron chi connectivity index (χ3n) is 4.23. The molecule has 0 saturated carbocycles. The number of amides is 2. The van der Waals surface area contributed by atoms with Gasteiger partial charge in [-0.3, -0.25) is 9.59 Å². The first-order valence-electron chi connectivity index (χ1n) is 8.20. The number of anilines is 2. The summed E-state index contributed by atoms with van der Waals surface area (Å²) in [4.78, 5) is 28.3. The van der Waals surface area contributed by atoms with Crippen LogP contribution < -0.4 is 10.2 Å². The molecule has 1 saturated heterocycles. The van der Waals surface area contributed by atoms with E-state index in [4.69, 9.17) is 11.6 Å². The highest BCUT2D eigenvalue weighted by Crippen LogP contribution is 2.18. The Hall–Kier alpha value is -2.53. The van der Waals surface area contributed by atoms with Gasteiger partial charge in [-0.05, 0) is 48.9 Å². The monoisotopic (exact) mass is 357 g/mol. The number of nitrogens with one attached hydrogen (secondary N) is 1. The van der Waals surface area contributed by atoms with Gasteiger partial charge in [0.25, 0.3) is 0 Å². The summed E-state index contributed by atoms with van der Waals surface area (Å²) < 4.78 is 0. The van der Waals surface area contributed by atoms with Crippen molar-refractivity contribution < 1.29 is 9.59 Å². The van der Waals surface area contributed by atoms with Gasteiger partial charge < -0.3 is 15.1 Å². The lowest BCUT2D eigenvalue weighted by molar-refractivity contribution is -0.143. The van der Waals surface area contributed by atoms with Crippen LogP contribution in [0.2, 0.25) is 5.02 Å². The van der Waals surface area contributed by atoms with E-state index in [1.807, 2.05) is 6.07 Å². The van der Waals surface area contributed by atoms with Gasteiger partial charge in [0.2, 0.25) is 0 Å². The Balaban J connectivity index is 1.55. The van der Waals surface area contributed by atoms with Crippen LogP contribution in [0.25, 0.3) is 0 Å². The largest absolute Gasteiger partial charge is 0.368 e. The van der Waals surface area contributed by atoms with Crippen LogP contribution in [0.3, 0.4) is 0 Å². The number of rotatable bonds is 2. The fourth-order valence-electron chi connectivity index (χ4n) is 2.85. The zero-order chi connectivity index (χ0) is 17.8. The SMILES string of the molecule is Cc1cccc(N2CCN(C(=O)C(=O)Nc3ccc(Cl)cc3)CC2)c1. The number of hydrogen-bond donors (Lipinski definition) is 1. The molecule has 1 N–H and O–H groups in total. The van der Waals surface area contributed by atoms with Crippen molar-refractivity contribution in [2.75, 3.05) is 36.4 Å². The number of halogens is 1. The molecule has 1 heterocycles. The molecule has 0 bridgehead atoms. The molecule has 2 aromatic rings. The number of nitrogens with zero attached hydrogens (tertiary/aromatic N) is 2. The Labute approximate surface area is 152 Å². The van der Waals surface area contributed by atoms with Gasteiger partial charge in [-0.1, -0.05) is 23.7 Å². The summed E-state index contributed by atoms with van der Waals surface area (Å²) in [6.45, 7) is 4.54. The van der Waals surface area contributed by atoms with Crippen molar-refractivity contribution in [2.24, 2.45) is 0 Å². The van der Waals surface area contributed by atoms with E-state index in [1.165, 1.54) is 5.56 Å². The lowest BCUT2D eigenvalue weighted by Gasteiger charge is -2.35. The first-order valence-corrected chi connectivity index (χ1v) is 8.58. The van der Waals surface area contributed by atoms with Crippen molar-refractivity contribution in [2.45, 2.75) is 6.92 Å². The summed E-state index contributed by atoms with van der Waals surface area (Å²) >= 11 is 5.81. The molecule has 2 aromatic carbocycles. The van der Waals surface area contributed by atoms with Crippen molar-refractivity contribution in [3.05, 3.63) is 59.1 Å². The lowest BCUT2D eigenvalue weighted by atomic mass is 10.2. The second-order valence-corrected chi connectivity index (χ2v) is 6.52. The topological polar surface area (TPSA) is 52.7 Å². The Bertz CT molecular complexity index is 768. The summed E-state index contributed by atoms with van der Waals surface area (Å²) in [6.07, 6.45) is 0. The van der Waals surface area contributed by atoms with Crippen LogP contribution in [0, 0.1) is 6.92 Å². The van der Waals surface area contributed by atoms with Gasteiger partial charge in [-0.15, -0.1) is 0 Å². The molecule has 130 valence electrons. The first-order chi connectivity index (χ1) is 12.0. The van der Waals surface area contributed by atoms with E-state index in [0.29, 0.717) is 36.9 Å². The van der Waals surface area contributed by atoms with E-state index in [-0.39, 0.29) is 0 Å². The Morgan fingerprint density at radius 2 is 1.68 bits per heavy atom. The predicted octanol–water partition coefficient (Wildman–Crippen LogP) is 2.94. The van der Waals surface area contributed by atoms with Gasteiger partial charge in [-0.2, -0.15) is 0 Å². The number of piperazine rings is 1. The van der Waals surface area contributed by atoms with Crippen LogP contribution in [0.15, 0.2) is 48.5 Å². The van der Waals surface area contributed by atoms with Gasteiger partial charge in [0, 0.05) is 42.6 Å². The van der Waals surface area contributed by atoms with Crippen molar-refractivity contribution in [1.82, 2.24) is 4.90 Å². The molecule has 5 nitrogen and oxygen atoms in total. The standard InChI is InChI=1S/C19H20ClN3O2/c1-14-3-2-4-17(13-14)22-9-11-23(12-10-22)19(25)18(24)21-16-7-5-15(20)6-8-16/h2-8,13H,9-12H2,1H3,(H,21,24). The summed E-state index contributed by atoms with van der Waals surface area (Å²) in [5, 5.41) is 3.19. The highest BCUT2D eigenvalue weighted by Gasteiger charge is 2.26. The maximum Gasteiger partial charge on any atom is 0.313 e. The van der Waals surface area contributed by atoms with Crippen LogP contribution in [0.5, 0.6) is 0 Å². The number of carbonyl (C=O) groups is 2. The molecule has 0 aliphatic carbocycles. The maximum atomic E-state index is 12.3. The Morgan fingerprint density at radius 3 is 2.32 bits per heavy atom. The van der Waals surface area contributed by atoms with Crippen molar-refractivity contribution >= 4 is 34.8 Å². The average Bonchev–Trinajstić information content (AvgIpc) is 2.63. The van der Waals surface area contributed by atoms with Gasteiger partial charge in [-0.25, -0.2) is 0 Å². The van der Waals surface area contributed by atoms with Crippen LogP contribution >= 0.6 is 11.6 Å². The fourth-order valence-corrected chi connectivity index (χ4v) is 2.98. The van der Waals surface area contributed by atoms with Gasteiger partial charge in [0.1, 0.15) is 0 Å². The van der Waals surface area contributed by atoms with E-state index in [2.05, 4.69) is 35.3 Å². The summed E-state index contributed by atoms with van der Waals surface area (Å²) in [5.41, 5.74) is 2.91. The van der Waals surface area contributed by atoms with Gasteiger partial charge in [0.05, 0.1) is 0 Å². The molecule has 1 aliphatic heterocycles. The third-order valence-corrected chi connectivity index (χ3v) is 4.48. The summed E-state index contributed by atoms with van der Waals surface area (Å²) in [5.74, 6) is -1.12. The molecule has 6 heteroatoms. The third kappa shape index (κ3) is 4.31. The molecule has 0 unspecified atom stereocenters. The fraction of sp³-hybridized carbons (Fsp3) is 0.263. The second-order valence-electron chi connectivity index (χ2n) is 6.08. The molecular weight excluding hydrogens is 338 g/mol. The summed E-state index contributed by atoms with van der Waals surface area (Å²) in [7, 11) is 0. The van der Waals surface area contributed by atoms with Crippen molar-refractivity contribution in [3.8, 4) is 0 Å². The summed E-state index contributed by atoms with van der Waals surface area (Å²) in [6, 6.07) is 15.0. The normalized spacial score (nSPS) is 14.3. The van der Waals surface area contributed by atoms with E-state index in [0.717, 1.165) is 5.69 Å². The molecule has 0 radical (unpaired) electrons. The molecule has 1 aliphatic rings. The molecule has 0 spiro atoms. The molecule has 0 atom stereocenters. The molecule has 2 amide bonds. The van der Waals surface area contributed by atoms with E-state index >= 15 is 0 Å². The minimum atomic E-state index is -0.619. The number of hydrogen-bond acceptors (Lipinski definition) is 3.